The number of nitrogen functional groups attached to an aromatic ring is 2. The maximum absolute atomic E-state index is 12.7. The van der Waals surface area contributed by atoms with Crippen LogP contribution in [0.3, 0.4) is 0 Å². The number of ether oxygens (including phenoxy) is 1. The molecule has 26 heavy (non-hydrogen) atoms. The van der Waals surface area contributed by atoms with Crippen molar-refractivity contribution < 1.29 is 9.53 Å². The van der Waals surface area contributed by atoms with Crippen LogP contribution < -0.4 is 22.0 Å². The number of anilines is 2. The van der Waals surface area contributed by atoms with Crippen LogP contribution in [0.4, 0.5) is 16.4 Å². The van der Waals surface area contributed by atoms with E-state index < -0.39 is 5.60 Å². The predicted octanol–water partition coefficient (Wildman–Crippen LogP) is 0.547. The minimum Gasteiger partial charge on any atom is -0.444 e. The minimum absolute atomic E-state index is 0.00620. The lowest BCUT2D eigenvalue weighted by Crippen LogP contribution is -2.66. The Labute approximate surface area is 152 Å². The third-order valence-corrected chi connectivity index (χ3v) is 5.02. The number of nitrogens with two attached hydrogens (primary N) is 2. The van der Waals surface area contributed by atoms with Gasteiger partial charge in [-0.15, -0.1) is 0 Å². The Morgan fingerprint density at radius 3 is 2.65 bits per heavy atom. The Morgan fingerprint density at radius 1 is 1.35 bits per heavy atom. The van der Waals surface area contributed by atoms with Gasteiger partial charge in [-0.1, -0.05) is 6.92 Å². The molecule has 3 rings (SSSR count). The highest BCUT2D eigenvalue weighted by molar-refractivity contribution is 5.69. The lowest BCUT2D eigenvalue weighted by atomic mass is 9.82. The lowest BCUT2D eigenvalue weighted by molar-refractivity contribution is 0.0106. The average Bonchev–Trinajstić information content (AvgIpc) is 2.53. The zero-order chi connectivity index (χ0) is 19.2. The highest BCUT2D eigenvalue weighted by Crippen LogP contribution is 2.36. The molecule has 2 aliphatic rings. The molecule has 0 radical (unpaired) electrons. The van der Waals surface area contributed by atoms with Gasteiger partial charge in [0.25, 0.3) is 5.56 Å². The summed E-state index contributed by atoms with van der Waals surface area (Å²) in [6.07, 6.45) is 1.16. The van der Waals surface area contributed by atoms with Gasteiger partial charge >= 0.3 is 6.09 Å². The second kappa shape index (κ2) is 6.37. The number of carbonyl (C=O) groups excluding carboxylic acids is 1. The zero-order valence-electron chi connectivity index (χ0n) is 15.9. The van der Waals surface area contributed by atoms with E-state index >= 15 is 0 Å². The van der Waals surface area contributed by atoms with Crippen LogP contribution in [-0.4, -0.2) is 51.9 Å². The summed E-state index contributed by atoms with van der Waals surface area (Å²) in [6, 6.07) is 0.0692. The molecule has 1 amide bonds. The van der Waals surface area contributed by atoms with Gasteiger partial charge in [0, 0.05) is 25.6 Å². The van der Waals surface area contributed by atoms with Gasteiger partial charge in [-0.2, -0.15) is 4.68 Å². The summed E-state index contributed by atoms with van der Waals surface area (Å²) in [5.41, 5.74) is 5.98. The Kier molecular flexibility index (Phi) is 4.49. The van der Waals surface area contributed by atoms with Gasteiger partial charge in [0.1, 0.15) is 11.3 Å². The van der Waals surface area contributed by atoms with E-state index in [1.807, 2.05) is 32.6 Å². The first-order chi connectivity index (χ1) is 12.1. The molecule has 0 saturated carbocycles. The van der Waals surface area contributed by atoms with Gasteiger partial charge in [0.05, 0.1) is 11.7 Å². The Bertz CT molecular complexity index is 769. The molecule has 0 aromatic carbocycles. The summed E-state index contributed by atoms with van der Waals surface area (Å²) >= 11 is 0. The van der Waals surface area contributed by atoms with Crippen molar-refractivity contribution in [3.8, 4) is 0 Å². The van der Waals surface area contributed by atoms with E-state index in [9.17, 15) is 9.59 Å². The molecule has 1 aromatic heterocycles. The molecular formula is C17H28N6O3. The lowest BCUT2D eigenvalue weighted by Gasteiger charge is -2.54. The first-order valence-corrected chi connectivity index (χ1v) is 9.03. The van der Waals surface area contributed by atoms with Gasteiger partial charge in [-0.3, -0.25) is 4.79 Å². The summed E-state index contributed by atoms with van der Waals surface area (Å²) in [6.45, 7) is 9.44. The molecular weight excluding hydrogens is 336 g/mol. The van der Waals surface area contributed by atoms with Crippen molar-refractivity contribution >= 4 is 17.7 Å². The number of aryl methyl sites for hydroxylation is 1. The van der Waals surface area contributed by atoms with Crippen LogP contribution in [0.25, 0.3) is 0 Å². The van der Waals surface area contributed by atoms with E-state index in [1.54, 1.807) is 4.90 Å². The molecule has 1 aromatic rings. The van der Waals surface area contributed by atoms with E-state index in [4.69, 9.17) is 16.3 Å². The molecule has 2 saturated heterocycles. The number of carbonyl (C=O) groups is 1. The molecule has 144 valence electrons. The molecule has 4 N–H and O–H groups in total. The van der Waals surface area contributed by atoms with Gasteiger partial charge in [-0.25, -0.2) is 9.78 Å². The van der Waals surface area contributed by atoms with E-state index in [1.165, 1.54) is 0 Å². The molecule has 0 bridgehead atoms. The van der Waals surface area contributed by atoms with Crippen LogP contribution in [0.5, 0.6) is 0 Å². The second-order valence-corrected chi connectivity index (χ2v) is 7.99. The number of nitrogens with zero attached hydrogens (tertiary/aromatic N) is 4. The van der Waals surface area contributed by atoms with Crippen LogP contribution in [0, 0.1) is 5.92 Å². The third-order valence-electron chi connectivity index (χ3n) is 5.02. The second-order valence-electron chi connectivity index (χ2n) is 7.99. The van der Waals surface area contributed by atoms with E-state index in [0.717, 1.165) is 17.6 Å². The largest absolute Gasteiger partial charge is 0.444 e. The molecule has 2 unspecified atom stereocenters. The van der Waals surface area contributed by atoms with Crippen LogP contribution >= 0.6 is 0 Å². The number of rotatable bonds is 2. The molecule has 2 aliphatic heterocycles. The highest BCUT2D eigenvalue weighted by Gasteiger charge is 2.46. The molecule has 9 heteroatoms. The van der Waals surface area contributed by atoms with Crippen molar-refractivity contribution in [3.63, 3.8) is 0 Å². The maximum atomic E-state index is 12.7. The summed E-state index contributed by atoms with van der Waals surface area (Å²) in [7, 11) is 0. The number of amides is 1. The van der Waals surface area contributed by atoms with Gasteiger partial charge in [0.15, 0.2) is 0 Å². The van der Waals surface area contributed by atoms with Crippen molar-refractivity contribution in [2.75, 3.05) is 36.1 Å². The van der Waals surface area contributed by atoms with Crippen LogP contribution in [0.15, 0.2) is 4.79 Å². The highest BCUT2D eigenvalue weighted by atomic mass is 16.6. The summed E-state index contributed by atoms with van der Waals surface area (Å²) < 4.78 is 6.37. The molecule has 0 aliphatic carbocycles. The fourth-order valence-electron chi connectivity index (χ4n) is 3.67. The smallest absolute Gasteiger partial charge is 0.410 e. The van der Waals surface area contributed by atoms with Crippen LogP contribution in [-0.2, 0) is 11.2 Å². The fraction of sp³-hybridized carbons (Fsp3) is 0.706. The van der Waals surface area contributed by atoms with E-state index in [0.29, 0.717) is 36.8 Å². The molecule has 3 heterocycles. The normalized spacial score (nSPS) is 22.6. The fourth-order valence-corrected chi connectivity index (χ4v) is 3.67. The van der Waals surface area contributed by atoms with Crippen molar-refractivity contribution in [1.82, 2.24) is 14.6 Å². The minimum atomic E-state index is -0.531. The van der Waals surface area contributed by atoms with Gasteiger partial charge < -0.3 is 26.1 Å². The topological polar surface area (TPSA) is 120 Å². The molecule has 2 fully saturated rings. The number of hydrogen-bond acceptors (Lipinski definition) is 7. The summed E-state index contributed by atoms with van der Waals surface area (Å²) in [4.78, 5) is 33.0. The summed E-state index contributed by atoms with van der Waals surface area (Å²) in [5.74, 6) is 6.19. The summed E-state index contributed by atoms with van der Waals surface area (Å²) in [5, 5.41) is 0. The number of hydrogen-bond donors (Lipinski definition) is 2. The van der Waals surface area contributed by atoms with Crippen molar-refractivity contribution in [3.05, 3.63) is 16.0 Å². The first kappa shape index (κ1) is 18.3. The number of fused-ring (bicyclic) bond motifs is 1. The zero-order valence-corrected chi connectivity index (χ0v) is 15.9. The Balaban J connectivity index is 1.82. The standard InChI is InChI=1S/C17H28N6O3/c1-5-11-13(14(24)23(19)15(18)20-11)22-8-10-6-7-21(9-12(10)22)16(25)26-17(2,3)4/h10,12H,5-9,19H2,1-4H3,(H2,18,20). The van der Waals surface area contributed by atoms with Gasteiger partial charge in [-0.05, 0) is 33.6 Å². The van der Waals surface area contributed by atoms with Crippen LogP contribution in [0.1, 0.15) is 39.8 Å². The Hall–Kier alpha value is -2.45. The third kappa shape index (κ3) is 3.17. The van der Waals surface area contributed by atoms with Crippen molar-refractivity contribution in [2.45, 2.75) is 52.2 Å². The first-order valence-electron chi connectivity index (χ1n) is 9.03. The average molecular weight is 364 g/mol. The van der Waals surface area contributed by atoms with E-state index in [-0.39, 0.29) is 23.6 Å². The maximum Gasteiger partial charge on any atom is 0.410 e. The molecule has 2 atom stereocenters. The monoisotopic (exact) mass is 364 g/mol. The van der Waals surface area contributed by atoms with Crippen molar-refractivity contribution in [1.29, 1.82) is 0 Å². The number of aromatic nitrogens is 2. The quantitative estimate of drug-likeness (QED) is 0.735. The molecule has 0 spiro atoms. The van der Waals surface area contributed by atoms with Crippen molar-refractivity contribution in [2.24, 2.45) is 5.92 Å². The number of likely N-dealkylation sites (tertiary alicyclic amines) is 1. The van der Waals surface area contributed by atoms with Crippen LogP contribution in [0.2, 0.25) is 0 Å². The predicted molar refractivity (Wildman–Crippen MR) is 99.5 cm³/mol. The number of piperidine rings is 1. The Morgan fingerprint density at radius 2 is 2.04 bits per heavy atom. The van der Waals surface area contributed by atoms with Gasteiger partial charge in [0.2, 0.25) is 5.95 Å². The SMILES string of the molecule is CCc1nc(N)n(N)c(=O)c1N1CC2CCN(C(=O)OC(C)(C)C)CC21. The molecule has 9 nitrogen and oxygen atoms in total. The van der Waals surface area contributed by atoms with E-state index in [2.05, 4.69) is 4.98 Å².